The van der Waals surface area contributed by atoms with Crippen LogP contribution in [0.25, 0.3) is 17.1 Å². The fraction of sp³-hybridized carbons (Fsp3) is 0.154. The van der Waals surface area contributed by atoms with Crippen LogP contribution in [-0.2, 0) is 4.79 Å². The molecule has 9 heteroatoms. The predicted octanol–water partition coefficient (Wildman–Crippen LogP) is 5.30. The van der Waals surface area contributed by atoms with E-state index in [1.807, 2.05) is 96.6 Å². The predicted molar refractivity (Wildman–Crippen MR) is 143 cm³/mol. The van der Waals surface area contributed by atoms with Crippen molar-refractivity contribution in [1.29, 1.82) is 0 Å². The van der Waals surface area contributed by atoms with Crippen LogP contribution in [0.15, 0.2) is 94.0 Å². The molecule has 1 amide bonds. The summed E-state index contributed by atoms with van der Waals surface area (Å²) in [5, 5.41) is 13.5. The second-order valence-corrected chi connectivity index (χ2v) is 9.11. The maximum atomic E-state index is 12.4. The van der Waals surface area contributed by atoms with Gasteiger partial charge in [0.15, 0.2) is 11.0 Å². The van der Waals surface area contributed by atoms with Gasteiger partial charge in [-0.05, 0) is 55.1 Å². The zero-order valence-electron chi connectivity index (χ0n) is 19.4. The molecule has 0 aliphatic heterocycles. The van der Waals surface area contributed by atoms with Crippen LogP contribution in [0, 0.1) is 0 Å². The molecule has 0 aliphatic carbocycles. The number of hydrazone groups is 1. The number of nitrogens with one attached hydrogen (secondary N) is 1. The molecule has 0 fully saturated rings. The van der Waals surface area contributed by atoms with E-state index < -0.39 is 0 Å². The van der Waals surface area contributed by atoms with Gasteiger partial charge >= 0.3 is 0 Å². The van der Waals surface area contributed by atoms with Crippen LogP contribution in [-0.4, -0.2) is 45.5 Å². The molecule has 3 aromatic carbocycles. The van der Waals surface area contributed by atoms with E-state index in [0.717, 1.165) is 22.6 Å². The van der Waals surface area contributed by atoms with Gasteiger partial charge in [0.2, 0.25) is 0 Å². The van der Waals surface area contributed by atoms with Crippen LogP contribution >= 0.6 is 23.5 Å². The van der Waals surface area contributed by atoms with Crippen LogP contribution in [0.4, 0.5) is 0 Å². The lowest BCUT2D eigenvalue weighted by molar-refractivity contribution is -0.118. The summed E-state index contributed by atoms with van der Waals surface area (Å²) in [7, 11) is 0. The van der Waals surface area contributed by atoms with Crippen LogP contribution in [0.3, 0.4) is 0 Å². The Balaban J connectivity index is 1.48. The summed E-state index contributed by atoms with van der Waals surface area (Å²) in [5.41, 5.74) is 5.31. The van der Waals surface area contributed by atoms with Crippen molar-refractivity contribution in [2.24, 2.45) is 5.10 Å². The average Bonchev–Trinajstić information content (AvgIpc) is 3.33. The zero-order chi connectivity index (χ0) is 24.5. The topological polar surface area (TPSA) is 81.4 Å². The van der Waals surface area contributed by atoms with E-state index in [4.69, 9.17) is 4.74 Å². The number of nitrogens with zero attached hydrogens (tertiary/aromatic N) is 4. The van der Waals surface area contributed by atoms with Crippen molar-refractivity contribution < 1.29 is 9.53 Å². The SMILES string of the molecule is CCOc1ccc(-n2c(SCC(=O)N/N=C/c3ccc(SC)cc3)nnc2-c2ccccc2)cc1. The van der Waals surface area contributed by atoms with E-state index in [1.165, 1.54) is 16.7 Å². The fourth-order valence-corrected chi connectivity index (χ4v) is 4.41. The molecule has 7 nitrogen and oxygen atoms in total. The molecule has 0 aliphatic rings. The Morgan fingerprint density at radius 2 is 1.77 bits per heavy atom. The minimum Gasteiger partial charge on any atom is -0.494 e. The van der Waals surface area contributed by atoms with E-state index in [0.29, 0.717) is 17.6 Å². The van der Waals surface area contributed by atoms with Crippen molar-refractivity contribution in [2.45, 2.75) is 17.0 Å². The van der Waals surface area contributed by atoms with Crippen molar-refractivity contribution in [3.8, 4) is 22.8 Å². The number of hydrogen-bond acceptors (Lipinski definition) is 7. The first-order valence-corrected chi connectivity index (χ1v) is 13.2. The molecule has 4 rings (SSSR count). The lowest BCUT2D eigenvalue weighted by Crippen LogP contribution is -2.20. The first-order valence-electron chi connectivity index (χ1n) is 11.0. The molecular weight excluding hydrogens is 478 g/mol. The fourth-order valence-electron chi connectivity index (χ4n) is 3.26. The lowest BCUT2D eigenvalue weighted by atomic mass is 10.2. The smallest absolute Gasteiger partial charge is 0.250 e. The summed E-state index contributed by atoms with van der Waals surface area (Å²) in [6, 6.07) is 25.5. The molecule has 0 radical (unpaired) electrons. The molecule has 35 heavy (non-hydrogen) atoms. The van der Waals surface area contributed by atoms with Crippen molar-refractivity contribution in [3.05, 3.63) is 84.4 Å². The molecule has 0 unspecified atom stereocenters. The standard InChI is InChI=1S/C26H25N5O2S2/c1-3-33-22-13-11-21(12-14-22)31-25(20-7-5-4-6-8-20)29-30-26(31)35-18-24(32)28-27-17-19-9-15-23(34-2)16-10-19/h4-17H,3,18H2,1-2H3,(H,28,32)/b27-17+. The molecule has 0 saturated carbocycles. The number of carbonyl (C=O) groups excluding carboxylic acids is 1. The van der Waals surface area contributed by atoms with E-state index >= 15 is 0 Å². The third-order valence-electron chi connectivity index (χ3n) is 4.92. The number of hydrogen-bond donors (Lipinski definition) is 1. The molecule has 1 heterocycles. The Morgan fingerprint density at radius 1 is 1.03 bits per heavy atom. The van der Waals surface area contributed by atoms with Gasteiger partial charge in [-0.25, -0.2) is 5.43 Å². The molecule has 1 aromatic heterocycles. The number of amides is 1. The van der Waals surface area contributed by atoms with Gasteiger partial charge in [0.05, 0.1) is 18.6 Å². The minimum atomic E-state index is -0.227. The Kier molecular flexibility index (Phi) is 8.58. The maximum absolute atomic E-state index is 12.4. The summed E-state index contributed by atoms with van der Waals surface area (Å²) in [5.74, 6) is 1.41. The minimum absolute atomic E-state index is 0.146. The van der Waals surface area contributed by atoms with Gasteiger partial charge < -0.3 is 4.74 Å². The summed E-state index contributed by atoms with van der Waals surface area (Å²) < 4.78 is 7.51. The van der Waals surface area contributed by atoms with Gasteiger partial charge in [0.1, 0.15) is 5.75 Å². The van der Waals surface area contributed by atoms with Crippen molar-refractivity contribution >= 4 is 35.6 Å². The van der Waals surface area contributed by atoms with Crippen LogP contribution in [0.1, 0.15) is 12.5 Å². The largest absolute Gasteiger partial charge is 0.494 e. The van der Waals surface area contributed by atoms with Crippen molar-refractivity contribution in [2.75, 3.05) is 18.6 Å². The summed E-state index contributed by atoms with van der Waals surface area (Å²) in [6.07, 6.45) is 3.66. The normalized spacial score (nSPS) is 11.0. The lowest BCUT2D eigenvalue weighted by Gasteiger charge is -2.11. The van der Waals surface area contributed by atoms with Gasteiger partial charge in [0.25, 0.3) is 5.91 Å². The highest BCUT2D eigenvalue weighted by atomic mass is 32.2. The Hall–Kier alpha value is -3.56. The van der Waals surface area contributed by atoms with E-state index in [2.05, 4.69) is 20.7 Å². The number of ether oxygens (including phenoxy) is 1. The first kappa shape index (κ1) is 24.6. The van der Waals surface area contributed by atoms with E-state index in [-0.39, 0.29) is 11.7 Å². The average molecular weight is 504 g/mol. The molecule has 1 N–H and O–H groups in total. The van der Waals surface area contributed by atoms with Crippen molar-refractivity contribution in [3.63, 3.8) is 0 Å². The third-order valence-corrected chi connectivity index (χ3v) is 6.59. The number of thioether (sulfide) groups is 2. The Labute approximate surface area is 213 Å². The van der Waals surface area contributed by atoms with Crippen LogP contribution in [0.2, 0.25) is 0 Å². The number of aromatic nitrogens is 3. The van der Waals surface area contributed by atoms with Gasteiger partial charge in [-0.15, -0.1) is 22.0 Å². The second-order valence-electron chi connectivity index (χ2n) is 7.29. The summed E-state index contributed by atoms with van der Waals surface area (Å²) >= 11 is 2.98. The number of benzene rings is 3. The molecule has 178 valence electrons. The summed E-state index contributed by atoms with van der Waals surface area (Å²) in [6.45, 7) is 2.55. The molecule has 0 bridgehead atoms. The van der Waals surface area contributed by atoms with Crippen LogP contribution < -0.4 is 10.2 Å². The summed E-state index contributed by atoms with van der Waals surface area (Å²) in [4.78, 5) is 13.6. The van der Waals surface area contributed by atoms with E-state index in [1.54, 1.807) is 18.0 Å². The van der Waals surface area contributed by atoms with Gasteiger partial charge in [-0.2, -0.15) is 5.10 Å². The Bertz CT molecular complexity index is 1270. The highest BCUT2D eigenvalue weighted by Gasteiger charge is 2.17. The van der Waals surface area contributed by atoms with Gasteiger partial charge in [0, 0.05) is 16.1 Å². The van der Waals surface area contributed by atoms with Crippen molar-refractivity contribution in [1.82, 2.24) is 20.2 Å². The highest BCUT2D eigenvalue weighted by molar-refractivity contribution is 7.99. The van der Waals surface area contributed by atoms with E-state index in [9.17, 15) is 4.79 Å². The van der Waals surface area contributed by atoms with Gasteiger partial charge in [-0.3, -0.25) is 9.36 Å². The Morgan fingerprint density at radius 3 is 2.46 bits per heavy atom. The first-order chi connectivity index (χ1) is 17.2. The molecule has 0 spiro atoms. The quantitative estimate of drug-likeness (QED) is 0.180. The zero-order valence-corrected chi connectivity index (χ0v) is 21.1. The molecular formula is C26H25N5O2S2. The number of carbonyl (C=O) groups is 1. The monoisotopic (exact) mass is 503 g/mol. The molecule has 0 atom stereocenters. The molecule has 4 aromatic rings. The van der Waals surface area contributed by atoms with Gasteiger partial charge in [-0.1, -0.05) is 54.2 Å². The second kappa shape index (κ2) is 12.2. The maximum Gasteiger partial charge on any atom is 0.250 e. The molecule has 0 saturated heterocycles. The van der Waals surface area contributed by atoms with Crippen LogP contribution in [0.5, 0.6) is 5.75 Å². The highest BCUT2D eigenvalue weighted by Crippen LogP contribution is 2.28. The third kappa shape index (κ3) is 6.52. The number of rotatable bonds is 10.